The Labute approximate surface area is 181 Å². The number of amides is 1. The number of rotatable bonds is 5. The van der Waals surface area contributed by atoms with Crippen LogP contribution in [-0.4, -0.2) is 52.8 Å². The van der Waals surface area contributed by atoms with E-state index in [1.807, 2.05) is 0 Å². The number of nitrogens with one attached hydrogen (secondary N) is 2. The van der Waals surface area contributed by atoms with Gasteiger partial charge < -0.3 is 10.3 Å². The number of H-pyrrole nitrogens is 1. The minimum atomic E-state index is -0.650. The molecule has 0 spiro atoms. The van der Waals surface area contributed by atoms with Crippen LogP contribution in [-0.2, 0) is 4.79 Å². The zero-order chi connectivity index (χ0) is 22.2. The molecule has 1 aliphatic heterocycles. The van der Waals surface area contributed by atoms with E-state index < -0.39 is 11.7 Å². The van der Waals surface area contributed by atoms with E-state index in [9.17, 15) is 18.8 Å². The molecule has 1 aromatic carbocycles. The Balaban J connectivity index is 1.47. The summed E-state index contributed by atoms with van der Waals surface area (Å²) in [7, 11) is 1.44. The highest BCUT2D eigenvalue weighted by molar-refractivity contribution is 5.97. The van der Waals surface area contributed by atoms with Crippen molar-refractivity contribution in [1.82, 2.24) is 19.8 Å². The van der Waals surface area contributed by atoms with Crippen LogP contribution in [0.1, 0.15) is 68.3 Å². The van der Waals surface area contributed by atoms with Crippen LogP contribution >= 0.6 is 0 Å². The standard InChI is InChI=1S/C23H31FN4O3/c1-23(8-4-3-5-9-23)20(29)14-27-10-6-15(7-11-27)28-19-13-17(24)16(21(30)25-2)12-18(19)26-22(28)31/h12-13,15H,3-11,14H2,1-2H3,(H,25,30)(H,26,31). The molecule has 2 aliphatic rings. The van der Waals surface area contributed by atoms with Gasteiger partial charge in [0.2, 0.25) is 0 Å². The fraction of sp³-hybridized carbons (Fsp3) is 0.609. The van der Waals surface area contributed by atoms with E-state index >= 15 is 0 Å². The number of hydrogen-bond donors (Lipinski definition) is 2. The van der Waals surface area contributed by atoms with Crippen LogP contribution in [0.25, 0.3) is 11.0 Å². The number of imidazole rings is 1. The zero-order valence-corrected chi connectivity index (χ0v) is 18.3. The van der Waals surface area contributed by atoms with E-state index in [0.29, 0.717) is 23.4 Å². The maximum atomic E-state index is 14.5. The van der Waals surface area contributed by atoms with Gasteiger partial charge in [-0.05, 0) is 31.7 Å². The van der Waals surface area contributed by atoms with Gasteiger partial charge in [-0.15, -0.1) is 0 Å². The Bertz CT molecular complexity index is 1040. The number of halogens is 1. The SMILES string of the molecule is CNC(=O)c1cc2[nH]c(=O)n(C3CCN(CC(=O)C4(C)CCCCC4)CC3)c2cc1F. The highest BCUT2D eigenvalue weighted by Gasteiger charge is 2.35. The molecule has 1 saturated carbocycles. The van der Waals surface area contributed by atoms with Crippen molar-refractivity contribution < 1.29 is 14.0 Å². The summed E-state index contributed by atoms with van der Waals surface area (Å²) in [6.45, 7) is 4.03. The number of fused-ring (bicyclic) bond motifs is 1. The Hall–Kier alpha value is -2.48. The first-order valence-corrected chi connectivity index (χ1v) is 11.2. The van der Waals surface area contributed by atoms with Gasteiger partial charge in [0.05, 0.1) is 23.1 Å². The predicted molar refractivity (Wildman–Crippen MR) is 117 cm³/mol. The molecule has 0 atom stereocenters. The largest absolute Gasteiger partial charge is 0.355 e. The number of aromatic nitrogens is 2. The van der Waals surface area contributed by atoms with Crippen molar-refractivity contribution in [2.75, 3.05) is 26.7 Å². The van der Waals surface area contributed by atoms with Crippen molar-refractivity contribution in [2.24, 2.45) is 5.41 Å². The van der Waals surface area contributed by atoms with Crippen molar-refractivity contribution >= 4 is 22.7 Å². The fourth-order valence-electron chi connectivity index (χ4n) is 5.16. The van der Waals surface area contributed by atoms with E-state index in [-0.39, 0.29) is 22.7 Å². The summed E-state index contributed by atoms with van der Waals surface area (Å²) < 4.78 is 16.1. The first-order chi connectivity index (χ1) is 14.8. The first-order valence-electron chi connectivity index (χ1n) is 11.2. The molecule has 1 saturated heterocycles. The third kappa shape index (κ3) is 4.18. The van der Waals surface area contributed by atoms with Gasteiger partial charge in [-0.25, -0.2) is 9.18 Å². The number of piperidine rings is 1. The molecule has 0 radical (unpaired) electrons. The third-order valence-corrected chi connectivity index (χ3v) is 7.20. The van der Waals surface area contributed by atoms with E-state index in [4.69, 9.17) is 0 Å². The molecular formula is C23H31FN4O3. The number of Topliss-reactive ketones (excluding diaryl/α,β-unsaturated/α-hetero) is 1. The van der Waals surface area contributed by atoms with Crippen LogP contribution in [0.15, 0.2) is 16.9 Å². The van der Waals surface area contributed by atoms with Crippen molar-refractivity contribution in [1.29, 1.82) is 0 Å². The molecule has 1 aliphatic carbocycles. The minimum absolute atomic E-state index is 0.0666. The summed E-state index contributed by atoms with van der Waals surface area (Å²) in [6.07, 6.45) is 6.88. The van der Waals surface area contributed by atoms with Crippen LogP contribution in [0.5, 0.6) is 0 Å². The van der Waals surface area contributed by atoms with Crippen LogP contribution in [0.3, 0.4) is 0 Å². The quantitative estimate of drug-likeness (QED) is 0.763. The van der Waals surface area contributed by atoms with Crippen molar-refractivity contribution in [3.63, 3.8) is 0 Å². The predicted octanol–water partition coefficient (Wildman–Crippen LogP) is 3.00. The number of carbonyl (C=O) groups is 2. The summed E-state index contributed by atoms with van der Waals surface area (Å²) in [6, 6.07) is 2.58. The highest BCUT2D eigenvalue weighted by Crippen LogP contribution is 2.37. The number of likely N-dealkylation sites (tertiary alicyclic amines) is 1. The maximum absolute atomic E-state index is 14.5. The Morgan fingerprint density at radius 2 is 1.87 bits per heavy atom. The number of benzene rings is 1. The molecule has 2 heterocycles. The van der Waals surface area contributed by atoms with Crippen molar-refractivity contribution in [2.45, 2.75) is 57.9 Å². The Morgan fingerprint density at radius 1 is 1.19 bits per heavy atom. The molecule has 31 heavy (non-hydrogen) atoms. The second-order valence-corrected chi connectivity index (χ2v) is 9.28. The average Bonchev–Trinajstić information content (AvgIpc) is 3.08. The second-order valence-electron chi connectivity index (χ2n) is 9.28. The number of aromatic amines is 1. The minimum Gasteiger partial charge on any atom is -0.355 e. The summed E-state index contributed by atoms with van der Waals surface area (Å²) in [5.74, 6) is -0.847. The summed E-state index contributed by atoms with van der Waals surface area (Å²) >= 11 is 0. The lowest BCUT2D eigenvalue weighted by Crippen LogP contribution is -2.43. The molecule has 2 aromatic rings. The van der Waals surface area contributed by atoms with Crippen molar-refractivity contribution in [3.8, 4) is 0 Å². The van der Waals surface area contributed by atoms with E-state index in [2.05, 4.69) is 22.1 Å². The third-order valence-electron chi connectivity index (χ3n) is 7.20. The van der Waals surface area contributed by atoms with Gasteiger partial charge >= 0.3 is 5.69 Å². The molecule has 4 rings (SSSR count). The van der Waals surface area contributed by atoms with Gasteiger partial charge in [0, 0.05) is 37.7 Å². The lowest BCUT2D eigenvalue weighted by Gasteiger charge is -2.36. The molecule has 2 N–H and O–H groups in total. The van der Waals surface area contributed by atoms with Crippen molar-refractivity contribution in [3.05, 3.63) is 34.0 Å². The molecule has 0 unspecified atom stereocenters. The monoisotopic (exact) mass is 430 g/mol. The smallest absolute Gasteiger partial charge is 0.326 e. The highest BCUT2D eigenvalue weighted by atomic mass is 19.1. The number of hydrogen-bond acceptors (Lipinski definition) is 4. The molecule has 8 heteroatoms. The number of nitrogens with zero attached hydrogens (tertiary/aromatic N) is 2. The number of carbonyl (C=O) groups excluding carboxylic acids is 2. The molecule has 1 amide bonds. The van der Waals surface area contributed by atoms with Crippen LogP contribution in [0.4, 0.5) is 4.39 Å². The van der Waals surface area contributed by atoms with E-state index in [1.165, 1.54) is 25.6 Å². The van der Waals surface area contributed by atoms with Crippen LogP contribution in [0.2, 0.25) is 0 Å². The van der Waals surface area contributed by atoms with Crippen LogP contribution < -0.4 is 11.0 Å². The normalized spacial score (nSPS) is 20.1. The molecule has 168 valence electrons. The Kier molecular flexibility index (Phi) is 6.01. The topological polar surface area (TPSA) is 87.2 Å². The lowest BCUT2D eigenvalue weighted by molar-refractivity contribution is -0.131. The van der Waals surface area contributed by atoms with Gasteiger partial charge in [-0.3, -0.25) is 19.1 Å². The van der Waals surface area contributed by atoms with Gasteiger partial charge in [0.25, 0.3) is 5.91 Å². The van der Waals surface area contributed by atoms with Gasteiger partial charge in [-0.1, -0.05) is 26.2 Å². The van der Waals surface area contributed by atoms with E-state index in [1.54, 1.807) is 4.57 Å². The molecule has 7 nitrogen and oxygen atoms in total. The fourth-order valence-corrected chi connectivity index (χ4v) is 5.16. The average molecular weight is 431 g/mol. The van der Waals surface area contributed by atoms with Gasteiger partial charge in [0.1, 0.15) is 5.82 Å². The summed E-state index contributed by atoms with van der Waals surface area (Å²) in [4.78, 5) is 42.3. The van der Waals surface area contributed by atoms with Gasteiger partial charge in [-0.2, -0.15) is 0 Å². The second kappa shape index (κ2) is 8.57. The zero-order valence-electron chi connectivity index (χ0n) is 18.3. The molecular weight excluding hydrogens is 399 g/mol. The maximum Gasteiger partial charge on any atom is 0.326 e. The first kappa shape index (κ1) is 21.7. The lowest BCUT2D eigenvalue weighted by atomic mass is 9.72. The summed E-state index contributed by atoms with van der Waals surface area (Å²) in [5.41, 5.74) is 0.343. The van der Waals surface area contributed by atoms with Gasteiger partial charge in [0.15, 0.2) is 5.78 Å². The molecule has 0 bridgehead atoms. The van der Waals surface area contributed by atoms with E-state index in [0.717, 1.165) is 51.6 Å². The number of ketones is 1. The van der Waals surface area contributed by atoms with Crippen LogP contribution in [0, 0.1) is 11.2 Å². The summed E-state index contributed by atoms with van der Waals surface area (Å²) in [5, 5.41) is 2.41. The Morgan fingerprint density at radius 3 is 2.52 bits per heavy atom. The molecule has 1 aromatic heterocycles. The molecule has 2 fully saturated rings.